The maximum absolute atomic E-state index is 13.0. The summed E-state index contributed by atoms with van der Waals surface area (Å²) in [5.41, 5.74) is 0.924. The molecule has 5 fully saturated rings. The van der Waals surface area contributed by atoms with Crippen molar-refractivity contribution in [3.05, 3.63) is 48.0 Å². The Balaban J connectivity index is 1.12. The van der Waals surface area contributed by atoms with Crippen LogP contribution in [0.25, 0.3) is 10.8 Å². The topological polar surface area (TPSA) is 58.2 Å². The Bertz CT molecular complexity index is 1020. The van der Waals surface area contributed by atoms with Crippen molar-refractivity contribution in [2.45, 2.75) is 75.8 Å². The lowest BCUT2D eigenvalue weighted by molar-refractivity contribution is -0.126. The maximum Gasteiger partial charge on any atom is 0.220 e. The van der Waals surface area contributed by atoms with Gasteiger partial charge in [0.1, 0.15) is 0 Å². The van der Waals surface area contributed by atoms with Gasteiger partial charge in [0.2, 0.25) is 11.8 Å². The second-order valence-electron chi connectivity index (χ2n) is 11.2. The minimum Gasteiger partial charge on any atom is -0.353 e. The summed E-state index contributed by atoms with van der Waals surface area (Å²) < 4.78 is 0. The van der Waals surface area contributed by atoms with Gasteiger partial charge < -0.3 is 10.6 Å². The average molecular weight is 431 g/mol. The predicted molar refractivity (Wildman–Crippen MR) is 126 cm³/mol. The molecule has 1 heterocycles. The van der Waals surface area contributed by atoms with E-state index in [-0.39, 0.29) is 17.4 Å². The molecule has 2 aromatic carbocycles. The Labute approximate surface area is 190 Å². The first-order chi connectivity index (χ1) is 15.6. The van der Waals surface area contributed by atoms with E-state index in [9.17, 15) is 9.59 Å². The normalized spacial score (nSPS) is 35.2. The van der Waals surface area contributed by atoms with Crippen LogP contribution >= 0.6 is 0 Å². The number of rotatable bonds is 6. The van der Waals surface area contributed by atoms with Crippen LogP contribution in [0.4, 0.5) is 0 Å². The van der Waals surface area contributed by atoms with Crippen molar-refractivity contribution in [2.24, 2.45) is 23.7 Å². The Morgan fingerprint density at radius 3 is 2.38 bits per heavy atom. The number of fused-ring (bicyclic) bond motifs is 1. The molecular weight excluding hydrogens is 396 g/mol. The van der Waals surface area contributed by atoms with E-state index < -0.39 is 0 Å². The van der Waals surface area contributed by atoms with Gasteiger partial charge in [-0.25, -0.2) is 0 Å². The standard InChI is InChI=1S/C28H34N2O2/c31-25(29-27-23-13-19-11-20(15-23)16-24(27)14-19)7-9-28(10-8-26(32)30-28)17-18-5-6-21-3-1-2-4-22(21)12-18/h1-6,12,19-20,23-24,27H,7-11,13-17H2,(H,29,31)(H,30,32)/t19?,20?,23?,24?,27?,28-/m0/s1. The van der Waals surface area contributed by atoms with Gasteiger partial charge in [0.05, 0.1) is 0 Å². The van der Waals surface area contributed by atoms with Crippen LogP contribution in [0.15, 0.2) is 42.5 Å². The van der Waals surface area contributed by atoms with Crippen LogP contribution < -0.4 is 10.6 Å². The van der Waals surface area contributed by atoms with E-state index in [0.29, 0.717) is 37.1 Å². The molecule has 2 aromatic rings. The molecule has 168 valence electrons. The van der Waals surface area contributed by atoms with Crippen molar-refractivity contribution < 1.29 is 9.59 Å². The molecule has 4 nitrogen and oxygen atoms in total. The zero-order valence-electron chi connectivity index (χ0n) is 18.8. The Morgan fingerprint density at radius 2 is 1.69 bits per heavy atom. The number of benzene rings is 2. The third-order valence-corrected chi connectivity index (χ3v) is 8.98. The van der Waals surface area contributed by atoms with Crippen molar-refractivity contribution >= 4 is 22.6 Å². The van der Waals surface area contributed by atoms with Gasteiger partial charge in [0, 0.05) is 24.4 Å². The number of amides is 2. The lowest BCUT2D eigenvalue weighted by Crippen LogP contribution is -2.56. The Kier molecular flexibility index (Phi) is 5.00. The number of hydrogen-bond donors (Lipinski definition) is 2. The lowest BCUT2D eigenvalue weighted by Gasteiger charge is -2.54. The van der Waals surface area contributed by atoms with Crippen molar-refractivity contribution in [2.75, 3.05) is 0 Å². The largest absolute Gasteiger partial charge is 0.353 e. The minimum absolute atomic E-state index is 0.118. The van der Waals surface area contributed by atoms with Gasteiger partial charge in [-0.1, -0.05) is 42.5 Å². The molecule has 0 spiro atoms. The van der Waals surface area contributed by atoms with Crippen LogP contribution in [-0.4, -0.2) is 23.4 Å². The van der Waals surface area contributed by atoms with Crippen LogP contribution in [-0.2, 0) is 16.0 Å². The molecule has 4 bridgehead atoms. The van der Waals surface area contributed by atoms with E-state index in [4.69, 9.17) is 0 Å². The van der Waals surface area contributed by atoms with E-state index in [1.807, 2.05) is 0 Å². The first-order valence-corrected chi connectivity index (χ1v) is 12.6. The van der Waals surface area contributed by atoms with Crippen molar-refractivity contribution in [1.82, 2.24) is 10.6 Å². The van der Waals surface area contributed by atoms with Crippen molar-refractivity contribution in [1.29, 1.82) is 0 Å². The van der Waals surface area contributed by atoms with Crippen LogP contribution in [0, 0.1) is 23.7 Å². The van der Waals surface area contributed by atoms with Crippen LogP contribution in [0.1, 0.15) is 63.4 Å². The number of nitrogens with one attached hydrogen (secondary N) is 2. The molecule has 7 rings (SSSR count). The number of carbonyl (C=O) groups excluding carboxylic acids is 2. The molecule has 5 aliphatic rings. The Morgan fingerprint density at radius 1 is 0.969 bits per heavy atom. The SMILES string of the molecule is O=C(CC[C@@]1(Cc2ccc3ccccc3c2)CCC(=O)N1)NC1C2CC3CC(C2)CC1C3. The molecule has 32 heavy (non-hydrogen) atoms. The quantitative estimate of drug-likeness (QED) is 0.695. The highest BCUT2D eigenvalue weighted by molar-refractivity contribution is 5.83. The van der Waals surface area contributed by atoms with Gasteiger partial charge >= 0.3 is 0 Å². The third kappa shape index (κ3) is 3.82. The maximum atomic E-state index is 13.0. The second kappa shape index (κ2) is 7.90. The van der Waals surface area contributed by atoms with Gasteiger partial charge in [-0.15, -0.1) is 0 Å². The molecule has 0 aromatic heterocycles. The Hall–Kier alpha value is -2.36. The summed E-state index contributed by atoms with van der Waals surface area (Å²) in [6.45, 7) is 0. The fourth-order valence-electron chi connectivity index (χ4n) is 7.69. The first kappa shape index (κ1) is 20.3. The summed E-state index contributed by atoms with van der Waals surface area (Å²) >= 11 is 0. The highest BCUT2D eigenvalue weighted by Gasteiger charge is 2.48. The first-order valence-electron chi connectivity index (χ1n) is 12.6. The van der Waals surface area contributed by atoms with Crippen LogP contribution in [0.2, 0.25) is 0 Å². The molecule has 1 saturated heterocycles. The zero-order valence-corrected chi connectivity index (χ0v) is 18.8. The summed E-state index contributed by atoms with van der Waals surface area (Å²) in [5, 5.41) is 9.16. The van der Waals surface area contributed by atoms with Crippen molar-refractivity contribution in [3.63, 3.8) is 0 Å². The van der Waals surface area contributed by atoms with E-state index in [1.165, 1.54) is 48.4 Å². The van der Waals surface area contributed by atoms with Gasteiger partial charge in [0.25, 0.3) is 0 Å². The number of hydrogen-bond acceptors (Lipinski definition) is 2. The molecule has 4 saturated carbocycles. The van der Waals surface area contributed by atoms with E-state index >= 15 is 0 Å². The predicted octanol–water partition coefficient (Wildman–Crippen LogP) is 4.75. The molecule has 2 amide bonds. The molecule has 1 atom stereocenters. The van der Waals surface area contributed by atoms with Gasteiger partial charge in [-0.05, 0) is 91.4 Å². The lowest BCUT2D eigenvalue weighted by atomic mass is 9.54. The summed E-state index contributed by atoms with van der Waals surface area (Å²) in [4.78, 5) is 25.2. The average Bonchev–Trinajstić information content (AvgIpc) is 3.15. The van der Waals surface area contributed by atoms with Crippen LogP contribution in [0.3, 0.4) is 0 Å². The van der Waals surface area contributed by atoms with Gasteiger partial charge in [-0.2, -0.15) is 0 Å². The summed E-state index contributed by atoms with van der Waals surface area (Å²) in [6.07, 6.45) is 10.1. The van der Waals surface area contributed by atoms with E-state index in [0.717, 1.165) is 24.7 Å². The van der Waals surface area contributed by atoms with E-state index in [2.05, 4.69) is 53.1 Å². The highest BCUT2D eigenvalue weighted by Crippen LogP contribution is 2.53. The second-order valence-corrected chi connectivity index (χ2v) is 11.2. The molecule has 0 radical (unpaired) electrons. The fourth-order valence-corrected chi connectivity index (χ4v) is 7.69. The molecule has 0 unspecified atom stereocenters. The van der Waals surface area contributed by atoms with Crippen molar-refractivity contribution in [3.8, 4) is 0 Å². The van der Waals surface area contributed by atoms with Gasteiger partial charge in [0.15, 0.2) is 0 Å². The zero-order chi connectivity index (χ0) is 21.7. The number of carbonyl (C=O) groups is 2. The molecule has 4 aliphatic carbocycles. The molecule has 4 heteroatoms. The highest BCUT2D eigenvalue weighted by atomic mass is 16.2. The fraction of sp³-hybridized carbons (Fsp3) is 0.571. The molecule has 1 aliphatic heterocycles. The molecule has 2 N–H and O–H groups in total. The van der Waals surface area contributed by atoms with E-state index in [1.54, 1.807) is 0 Å². The smallest absolute Gasteiger partial charge is 0.220 e. The summed E-state index contributed by atoms with van der Waals surface area (Å²) in [6, 6.07) is 15.3. The third-order valence-electron chi connectivity index (χ3n) is 8.98. The van der Waals surface area contributed by atoms with Gasteiger partial charge in [-0.3, -0.25) is 9.59 Å². The van der Waals surface area contributed by atoms with Crippen LogP contribution in [0.5, 0.6) is 0 Å². The monoisotopic (exact) mass is 430 g/mol. The summed E-state index contributed by atoms with van der Waals surface area (Å²) in [7, 11) is 0. The summed E-state index contributed by atoms with van der Waals surface area (Å²) in [5.74, 6) is 3.55. The minimum atomic E-state index is -0.305. The molecular formula is C28H34N2O2.